The summed E-state index contributed by atoms with van der Waals surface area (Å²) in [5, 5.41) is 9.31. The van der Waals surface area contributed by atoms with Crippen molar-refractivity contribution in [2.75, 3.05) is 0 Å². The van der Waals surface area contributed by atoms with Crippen LogP contribution in [0.4, 0.5) is 4.39 Å². The van der Waals surface area contributed by atoms with Gasteiger partial charge in [-0.2, -0.15) is 0 Å². The Hall–Kier alpha value is -3.08. The second-order valence-electron chi connectivity index (χ2n) is 5.85. The predicted molar refractivity (Wildman–Crippen MR) is 93.3 cm³/mol. The molecule has 0 aliphatic rings. The van der Waals surface area contributed by atoms with Gasteiger partial charge in [-0.3, -0.25) is 0 Å². The number of halogens is 1. The Morgan fingerprint density at radius 1 is 1.20 bits per heavy atom. The van der Waals surface area contributed by atoms with Crippen molar-refractivity contribution in [1.29, 1.82) is 0 Å². The van der Waals surface area contributed by atoms with Crippen LogP contribution in [0.1, 0.15) is 21.5 Å². The number of aromatic carboxylic acids is 1. The van der Waals surface area contributed by atoms with Crippen LogP contribution in [-0.2, 0) is 13.7 Å². The second kappa shape index (κ2) is 6.81. The van der Waals surface area contributed by atoms with Gasteiger partial charge in [0.15, 0.2) is 0 Å². The maximum absolute atomic E-state index is 13.8. The third-order valence-corrected chi connectivity index (χ3v) is 4.10. The van der Waals surface area contributed by atoms with Crippen molar-refractivity contribution in [2.24, 2.45) is 7.05 Å². The van der Waals surface area contributed by atoms with Crippen molar-refractivity contribution in [3.05, 3.63) is 77.2 Å². The van der Waals surface area contributed by atoms with Crippen molar-refractivity contribution in [1.82, 2.24) is 4.57 Å². The summed E-state index contributed by atoms with van der Waals surface area (Å²) in [5.74, 6) is -0.909. The quantitative estimate of drug-likeness (QED) is 0.749. The monoisotopic (exact) mass is 339 g/mol. The highest BCUT2D eigenvalue weighted by Crippen LogP contribution is 2.35. The zero-order valence-corrected chi connectivity index (χ0v) is 14.0. The first-order valence-electron chi connectivity index (χ1n) is 7.83. The van der Waals surface area contributed by atoms with E-state index in [0.29, 0.717) is 29.2 Å². The largest absolute Gasteiger partial charge is 0.488 e. The summed E-state index contributed by atoms with van der Waals surface area (Å²) >= 11 is 0. The van der Waals surface area contributed by atoms with E-state index < -0.39 is 11.8 Å². The van der Waals surface area contributed by atoms with Crippen LogP contribution in [-0.4, -0.2) is 15.6 Å². The topological polar surface area (TPSA) is 51.5 Å². The maximum Gasteiger partial charge on any atom is 0.337 e. The van der Waals surface area contributed by atoms with Crippen molar-refractivity contribution in [3.63, 3.8) is 0 Å². The summed E-state index contributed by atoms with van der Waals surface area (Å²) in [6.07, 6.45) is 1.53. The molecule has 0 bridgehead atoms. The van der Waals surface area contributed by atoms with E-state index in [1.807, 2.05) is 30.3 Å². The molecule has 0 aliphatic heterocycles. The zero-order valence-electron chi connectivity index (χ0n) is 14.0. The lowest BCUT2D eigenvalue weighted by Crippen LogP contribution is -2.00. The molecule has 0 aliphatic carbocycles. The molecule has 0 fully saturated rings. The number of ether oxygens (including phenoxy) is 1. The average Bonchev–Trinajstić information content (AvgIpc) is 2.89. The summed E-state index contributed by atoms with van der Waals surface area (Å²) in [7, 11) is 1.74. The first kappa shape index (κ1) is 16.8. The molecule has 0 atom stereocenters. The fraction of sp³-hybridized carbons (Fsp3) is 0.150. The van der Waals surface area contributed by atoms with Crippen molar-refractivity contribution in [2.45, 2.75) is 13.5 Å². The Kier molecular flexibility index (Phi) is 4.57. The van der Waals surface area contributed by atoms with Crippen LogP contribution in [0.15, 0.2) is 54.7 Å². The molecule has 1 aromatic heterocycles. The SMILES string of the molecule is Cc1c(C(=O)O)cn(C)c1-c1cc(F)ccc1OCc1ccccc1. The smallest absolute Gasteiger partial charge is 0.337 e. The normalized spacial score (nSPS) is 10.7. The molecular formula is C20H18FNO3. The van der Waals surface area contributed by atoms with E-state index in [9.17, 15) is 14.3 Å². The number of rotatable bonds is 5. The van der Waals surface area contributed by atoms with Crippen LogP contribution in [0.2, 0.25) is 0 Å². The van der Waals surface area contributed by atoms with E-state index in [2.05, 4.69) is 0 Å². The van der Waals surface area contributed by atoms with E-state index in [1.165, 1.54) is 18.3 Å². The Labute approximate surface area is 145 Å². The van der Waals surface area contributed by atoms with Crippen LogP contribution in [0, 0.1) is 12.7 Å². The number of carboxylic acid groups (broad SMARTS) is 1. The number of aromatic nitrogens is 1. The molecule has 0 saturated carbocycles. The highest BCUT2D eigenvalue weighted by Gasteiger charge is 2.20. The Balaban J connectivity index is 2.02. The lowest BCUT2D eigenvalue weighted by Gasteiger charge is -2.14. The van der Waals surface area contributed by atoms with Crippen LogP contribution in [0.5, 0.6) is 5.75 Å². The van der Waals surface area contributed by atoms with Crippen molar-refractivity contribution in [3.8, 4) is 17.0 Å². The lowest BCUT2D eigenvalue weighted by atomic mass is 10.0. The number of benzene rings is 2. The molecule has 0 unspecified atom stereocenters. The van der Waals surface area contributed by atoms with Gasteiger partial charge < -0.3 is 14.4 Å². The zero-order chi connectivity index (χ0) is 18.0. The van der Waals surface area contributed by atoms with Gasteiger partial charge in [0.1, 0.15) is 18.2 Å². The Morgan fingerprint density at radius 3 is 2.56 bits per heavy atom. The highest BCUT2D eigenvalue weighted by molar-refractivity contribution is 5.92. The van der Waals surface area contributed by atoms with Gasteiger partial charge in [0.2, 0.25) is 0 Å². The minimum absolute atomic E-state index is 0.191. The third-order valence-electron chi connectivity index (χ3n) is 4.10. The van der Waals surface area contributed by atoms with Gasteiger partial charge in [0.25, 0.3) is 0 Å². The molecule has 2 aromatic carbocycles. The van der Waals surface area contributed by atoms with Crippen LogP contribution in [0.25, 0.3) is 11.3 Å². The van der Waals surface area contributed by atoms with Crippen molar-refractivity contribution >= 4 is 5.97 Å². The second-order valence-corrected chi connectivity index (χ2v) is 5.85. The summed E-state index contributed by atoms with van der Waals surface area (Å²) < 4.78 is 21.4. The van der Waals surface area contributed by atoms with Gasteiger partial charge >= 0.3 is 5.97 Å². The Morgan fingerprint density at radius 2 is 1.92 bits per heavy atom. The first-order valence-corrected chi connectivity index (χ1v) is 7.83. The molecule has 3 aromatic rings. The van der Waals surface area contributed by atoms with Gasteiger partial charge in [0.05, 0.1) is 11.3 Å². The molecule has 1 N–H and O–H groups in total. The lowest BCUT2D eigenvalue weighted by molar-refractivity contribution is 0.0696. The van der Waals surface area contributed by atoms with Gasteiger partial charge in [-0.05, 0) is 36.2 Å². The molecule has 0 saturated heterocycles. The summed E-state index contributed by atoms with van der Waals surface area (Å²) in [4.78, 5) is 11.4. The standard InChI is InChI=1S/C20H18FNO3/c1-13-17(20(23)24)11-22(2)19(13)16-10-15(21)8-9-18(16)25-12-14-6-4-3-5-7-14/h3-11H,12H2,1-2H3,(H,23,24). The van der Waals surface area contributed by atoms with E-state index in [0.717, 1.165) is 5.56 Å². The van der Waals surface area contributed by atoms with Gasteiger partial charge in [0, 0.05) is 18.8 Å². The van der Waals surface area contributed by atoms with E-state index >= 15 is 0 Å². The average molecular weight is 339 g/mol. The molecule has 0 spiro atoms. The molecule has 0 radical (unpaired) electrons. The number of carboxylic acids is 1. The van der Waals surface area contributed by atoms with Crippen LogP contribution in [0.3, 0.4) is 0 Å². The number of hydrogen-bond acceptors (Lipinski definition) is 2. The number of hydrogen-bond donors (Lipinski definition) is 1. The van der Waals surface area contributed by atoms with Gasteiger partial charge in [-0.1, -0.05) is 30.3 Å². The maximum atomic E-state index is 13.8. The highest BCUT2D eigenvalue weighted by atomic mass is 19.1. The molecule has 3 rings (SSSR count). The molecule has 128 valence electrons. The molecule has 5 heteroatoms. The first-order chi connectivity index (χ1) is 12.0. The summed E-state index contributed by atoms with van der Waals surface area (Å²) in [6.45, 7) is 2.05. The van der Waals surface area contributed by atoms with Gasteiger partial charge in [-0.15, -0.1) is 0 Å². The van der Waals surface area contributed by atoms with E-state index in [1.54, 1.807) is 24.6 Å². The van der Waals surface area contributed by atoms with Crippen LogP contribution < -0.4 is 4.74 Å². The van der Waals surface area contributed by atoms with E-state index in [-0.39, 0.29) is 5.56 Å². The van der Waals surface area contributed by atoms with Gasteiger partial charge in [-0.25, -0.2) is 9.18 Å². The predicted octanol–water partition coefficient (Wildman–Crippen LogP) is 4.42. The fourth-order valence-corrected chi connectivity index (χ4v) is 2.90. The minimum atomic E-state index is -1.01. The molecule has 25 heavy (non-hydrogen) atoms. The van der Waals surface area contributed by atoms with Crippen molar-refractivity contribution < 1.29 is 19.0 Å². The summed E-state index contributed by atoms with van der Waals surface area (Å²) in [6, 6.07) is 13.9. The Bertz CT molecular complexity index is 916. The fourth-order valence-electron chi connectivity index (χ4n) is 2.90. The molecule has 1 heterocycles. The molecular weight excluding hydrogens is 321 g/mol. The minimum Gasteiger partial charge on any atom is -0.488 e. The summed E-state index contributed by atoms with van der Waals surface area (Å²) in [5.41, 5.74) is 2.91. The van der Waals surface area contributed by atoms with E-state index in [4.69, 9.17) is 4.74 Å². The number of aryl methyl sites for hydroxylation is 1. The molecule has 4 nitrogen and oxygen atoms in total. The van der Waals surface area contributed by atoms with Crippen LogP contribution >= 0.6 is 0 Å². The number of carbonyl (C=O) groups is 1. The molecule has 0 amide bonds. The third kappa shape index (κ3) is 3.40. The number of nitrogens with zero attached hydrogens (tertiary/aromatic N) is 1.